The Labute approximate surface area is 156 Å². The van der Waals surface area contributed by atoms with E-state index in [1.54, 1.807) is 23.1 Å². The Balaban J connectivity index is 2.10. The van der Waals surface area contributed by atoms with E-state index in [1.807, 2.05) is 6.26 Å². The summed E-state index contributed by atoms with van der Waals surface area (Å²) >= 11 is 1.42. The zero-order valence-electron chi connectivity index (χ0n) is 15.1. The van der Waals surface area contributed by atoms with E-state index in [9.17, 15) is 14.9 Å². The molecule has 1 aromatic carbocycles. The molecule has 1 N–H and O–H groups in total. The molecule has 0 fully saturated rings. The number of nitro benzene ring substituents is 1. The van der Waals surface area contributed by atoms with Gasteiger partial charge < -0.3 is 10.2 Å². The molecule has 0 aliphatic carbocycles. The Morgan fingerprint density at radius 1 is 1.38 bits per heavy atom. The SMILES string of the molecule is CCN(CC)CCn1cc(NC(=O)c2cc(SC)ccc2[N+](=O)[O-])cn1. The van der Waals surface area contributed by atoms with E-state index in [2.05, 4.69) is 29.2 Å². The van der Waals surface area contributed by atoms with Crippen molar-refractivity contribution < 1.29 is 9.72 Å². The molecule has 1 aromatic heterocycles. The number of nitrogens with zero attached hydrogens (tertiary/aromatic N) is 4. The van der Waals surface area contributed by atoms with Crippen LogP contribution in [0.1, 0.15) is 24.2 Å². The lowest BCUT2D eigenvalue weighted by atomic mass is 10.1. The molecule has 0 unspecified atom stereocenters. The van der Waals surface area contributed by atoms with Crippen LogP contribution in [0.5, 0.6) is 0 Å². The van der Waals surface area contributed by atoms with E-state index in [1.165, 1.54) is 23.9 Å². The van der Waals surface area contributed by atoms with Gasteiger partial charge in [0.25, 0.3) is 11.6 Å². The lowest BCUT2D eigenvalue weighted by Crippen LogP contribution is -2.27. The van der Waals surface area contributed by atoms with Crippen LogP contribution in [0.2, 0.25) is 0 Å². The van der Waals surface area contributed by atoms with E-state index in [4.69, 9.17) is 0 Å². The molecule has 0 saturated carbocycles. The van der Waals surface area contributed by atoms with Crippen LogP contribution in [-0.2, 0) is 6.54 Å². The third-order valence-electron chi connectivity index (χ3n) is 4.08. The number of amides is 1. The molecular formula is C17H23N5O3S. The molecule has 0 aliphatic heterocycles. The highest BCUT2D eigenvalue weighted by molar-refractivity contribution is 7.98. The highest BCUT2D eigenvalue weighted by Gasteiger charge is 2.21. The molecule has 0 radical (unpaired) electrons. The summed E-state index contributed by atoms with van der Waals surface area (Å²) in [5.74, 6) is -0.518. The summed E-state index contributed by atoms with van der Waals surface area (Å²) in [5.41, 5.74) is 0.338. The molecule has 0 bridgehead atoms. The van der Waals surface area contributed by atoms with Gasteiger partial charge in [0.1, 0.15) is 5.56 Å². The maximum atomic E-state index is 12.5. The molecule has 0 atom stereocenters. The molecule has 1 heterocycles. The van der Waals surface area contributed by atoms with Crippen molar-refractivity contribution >= 4 is 29.0 Å². The van der Waals surface area contributed by atoms with Gasteiger partial charge in [0, 0.05) is 23.7 Å². The quantitative estimate of drug-likeness (QED) is 0.410. The van der Waals surface area contributed by atoms with Crippen molar-refractivity contribution in [1.82, 2.24) is 14.7 Å². The Kier molecular flexibility index (Phi) is 7.16. The van der Waals surface area contributed by atoms with Crippen molar-refractivity contribution in [2.45, 2.75) is 25.3 Å². The summed E-state index contributed by atoms with van der Waals surface area (Å²) in [4.78, 5) is 26.2. The molecular weight excluding hydrogens is 354 g/mol. The zero-order valence-corrected chi connectivity index (χ0v) is 16.0. The smallest absolute Gasteiger partial charge is 0.282 e. The second-order valence-electron chi connectivity index (χ2n) is 5.61. The van der Waals surface area contributed by atoms with Gasteiger partial charge in [-0.1, -0.05) is 13.8 Å². The van der Waals surface area contributed by atoms with Crippen molar-refractivity contribution in [3.05, 3.63) is 46.3 Å². The Hall–Kier alpha value is -2.39. The normalized spacial score (nSPS) is 10.9. The van der Waals surface area contributed by atoms with Crippen LogP contribution >= 0.6 is 11.8 Å². The molecule has 140 valence electrons. The largest absolute Gasteiger partial charge is 0.319 e. The minimum absolute atomic E-state index is 0.0396. The van der Waals surface area contributed by atoms with Gasteiger partial charge in [0.15, 0.2) is 0 Å². The van der Waals surface area contributed by atoms with Gasteiger partial charge in [-0.2, -0.15) is 5.10 Å². The van der Waals surface area contributed by atoms with Gasteiger partial charge in [-0.25, -0.2) is 0 Å². The number of anilines is 1. The van der Waals surface area contributed by atoms with Crippen molar-refractivity contribution in [2.75, 3.05) is 31.2 Å². The van der Waals surface area contributed by atoms with Crippen LogP contribution < -0.4 is 5.32 Å². The molecule has 2 aromatic rings. The predicted octanol–water partition coefficient (Wildman–Crippen LogP) is 3.11. The van der Waals surface area contributed by atoms with E-state index < -0.39 is 10.8 Å². The number of benzene rings is 1. The fraction of sp³-hybridized carbons (Fsp3) is 0.412. The second-order valence-corrected chi connectivity index (χ2v) is 6.49. The number of thioether (sulfide) groups is 1. The fourth-order valence-corrected chi connectivity index (χ4v) is 2.96. The van der Waals surface area contributed by atoms with E-state index in [0.717, 1.165) is 24.5 Å². The van der Waals surface area contributed by atoms with Crippen LogP contribution in [0.25, 0.3) is 0 Å². The van der Waals surface area contributed by atoms with Gasteiger partial charge in [-0.15, -0.1) is 11.8 Å². The van der Waals surface area contributed by atoms with E-state index >= 15 is 0 Å². The number of carbonyl (C=O) groups is 1. The summed E-state index contributed by atoms with van der Waals surface area (Å²) in [5, 5.41) is 18.1. The second kappa shape index (κ2) is 9.35. The summed E-state index contributed by atoms with van der Waals surface area (Å²) in [6.45, 7) is 7.72. The highest BCUT2D eigenvalue weighted by Crippen LogP contribution is 2.25. The van der Waals surface area contributed by atoms with Gasteiger partial charge >= 0.3 is 0 Å². The highest BCUT2D eigenvalue weighted by atomic mass is 32.2. The molecule has 9 heteroatoms. The van der Waals surface area contributed by atoms with Crippen LogP contribution in [-0.4, -0.2) is 51.4 Å². The average molecular weight is 377 g/mol. The summed E-state index contributed by atoms with van der Waals surface area (Å²) in [6, 6.07) is 4.52. The van der Waals surface area contributed by atoms with Gasteiger partial charge in [0.2, 0.25) is 0 Å². The number of carbonyl (C=O) groups excluding carboxylic acids is 1. The monoisotopic (exact) mass is 377 g/mol. The number of hydrogen-bond acceptors (Lipinski definition) is 6. The first-order valence-corrected chi connectivity index (χ1v) is 9.59. The molecule has 8 nitrogen and oxygen atoms in total. The average Bonchev–Trinajstić information content (AvgIpc) is 3.09. The van der Waals surface area contributed by atoms with E-state index in [0.29, 0.717) is 12.2 Å². The molecule has 0 spiro atoms. The van der Waals surface area contributed by atoms with Crippen molar-refractivity contribution in [1.29, 1.82) is 0 Å². The third-order valence-corrected chi connectivity index (χ3v) is 4.80. The summed E-state index contributed by atoms with van der Waals surface area (Å²) < 4.78 is 1.75. The number of aromatic nitrogens is 2. The number of nitrogens with one attached hydrogen (secondary N) is 1. The van der Waals surface area contributed by atoms with Gasteiger partial charge in [-0.3, -0.25) is 19.6 Å². The van der Waals surface area contributed by atoms with Gasteiger partial charge in [0.05, 0.1) is 23.4 Å². The van der Waals surface area contributed by atoms with Crippen LogP contribution in [0.3, 0.4) is 0 Å². The first-order chi connectivity index (χ1) is 12.5. The predicted molar refractivity (Wildman–Crippen MR) is 103 cm³/mol. The van der Waals surface area contributed by atoms with Crippen LogP contribution in [0, 0.1) is 10.1 Å². The number of hydrogen-bond donors (Lipinski definition) is 1. The van der Waals surface area contributed by atoms with Crippen molar-refractivity contribution in [3.8, 4) is 0 Å². The molecule has 0 saturated heterocycles. The van der Waals surface area contributed by atoms with Crippen LogP contribution in [0.15, 0.2) is 35.5 Å². The maximum absolute atomic E-state index is 12.5. The van der Waals surface area contributed by atoms with Gasteiger partial charge in [-0.05, 0) is 31.5 Å². The van der Waals surface area contributed by atoms with E-state index in [-0.39, 0.29) is 11.3 Å². The summed E-state index contributed by atoms with van der Waals surface area (Å²) in [6.07, 6.45) is 5.12. The first-order valence-electron chi connectivity index (χ1n) is 8.37. The maximum Gasteiger partial charge on any atom is 0.282 e. The standard InChI is InChI=1S/C17H23N5O3S/c1-4-20(5-2)8-9-21-12-13(11-18-21)19-17(23)15-10-14(26-3)6-7-16(15)22(24)25/h6-7,10-12H,4-5,8-9H2,1-3H3,(H,19,23). The molecule has 26 heavy (non-hydrogen) atoms. The van der Waals surface area contributed by atoms with Crippen LogP contribution in [0.4, 0.5) is 11.4 Å². The fourth-order valence-electron chi connectivity index (χ4n) is 2.52. The topological polar surface area (TPSA) is 93.3 Å². The Morgan fingerprint density at radius 3 is 2.73 bits per heavy atom. The third kappa shape index (κ3) is 5.06. The lowest BCUT2D eigenvalue weighted by molar-refractivity contribution is -0.385. The molecule has 2 rings (SSSR count). The van der Waals surface area contributed by atoms with Crippen molar-refractivity contribution in [3.63, 3.8) is 0 Å². The first kappa shape index (κ1) is 19.9. The minimum atomic E-state index is -0.549. The Bertz CT molecular complexity index is 774. The minimum Gasteiger partial charge on any atom is -0.319 e. The number of nitro groups is 1. The number of likely N-dealkylation sites (N-methyl/N-ethyl adjacent to an activating group) is 1. The summed E-state index contributed by atoms with van der Waals surface area (Å²) in [7, 11) is 0. The zero-order chi connectivity index (χ0) is 19.1. The molecule has 1 amide bonds. The lowest BCUT2D eigenvalue weighted by Gasteiger charge is -2.17. The van der Waals surface area contributed by atoms with Crippen molar-refractivity contribution in [2.24, 2.45) is 0 Å². The number of rotatable bonds is 9. The Morgan fingerprint density at radius 2 is 2.12 bits per heavy atom. The molecule has 0 aliphatic rings.